The highest BCUT2D eigenvalue weighted by Gasteiger charge is 2.30. The predicted octanol–water partition coefficient (Wildman–Crippen LogP) is 2.14. The number of aromatic nitrogens is 2. The highest BCUT2D eigenvalue weighted by molar-refractivity contribution is 5.34. The summed E-state index contributed by atoms with van der Waals surface area (Å²) in [6, 6.07) is 0.892. The lowest BCUT2D eigenvalue weighted by atomic mass is 10.1. The minimum absolute atomic E-state index is 0.217. The first-order valence-electron chi connectivity index (χ1n) is 7.07. The quantitative estimate of drug-likeness (QED) is 0.803. The summed E-state index contributed by atoms with van der Waals surface area (Å²) in [5, 5.41) is 0. The highest BCUT2D eigenvalue weighted by atomic mass is 15.3. The molecule has 0 radical (unpaired) electrons. The molecular formula is C14H24N4. The highest BCUT2D eigenvalue weighted by Crippen LogP contribution is 2.29. The Morgan fingerprint density at radius 3 is 2.50 bits per heavy atom. The summed E-state index contributed by atoms with van der Waals surface area (Å²) in [6.07, 6.45) is 9.44. The summed E-state index contributed by atoms with van der Waals surface area (Å²) in [4.78, 5) is 11.3. The minimum Gasteiger partial charge on any atom is -0.338 e. The van der Waals surface area contributed by atoms with Gasteiger partial charge in [0.1, 0.15) is 0 Å². The Bertz CT molecular complexity index is 359. The van der Waals surface area contributed by atoms with Crippen molar-refractivity contribution in [2.75, 3.05) is 11.4 Å². The maximum Gasteiger partial charge on any atom is 0.225 e. The zero-order chi connectivity index (χ0) is 13.0. The van der Waals surface area contributed by atoms with Crippen molar-refractivity contribution in [2.45, 2.75) is 58.0 Å². The van der Waals surface area contributed by atoms with Crippen molar-refractivity contribution in [1.82, 2.24) is 9.97 Å². The molecule has 0 aromatic carbocycles. The Hall–Kier alpha value is -1.16. The van der Waals surface area contributed by atoms with Gasteiger partial charge in [0, 0.05) is 31.0 Å². The molecule has 1 fully saturated rings. The lowest BCUT2D eigenvalue weighted by Gasteiger charge is -2.21. The van der Waals surface area contributed by atoms with Gasteiger partial charge in [-0.05, 0) is 37.7 Å². The van der Waals surface area contributed by atoms with Crippen LogP contribution in [0.4, 0.5) is 5.95 Å². The molecule has 1 aromatic heterocycles. The number of hydrogen-bond acceptors (Lipinski definition) is 4. The maximum atomic E-state index is 5.94. The fourth-order valence-electron chi connectivity index (χ4n) is 2.12. The van der Waals surface area contributed by atoms with Crippen molar-refractivity contribution < 1.29 is 0 Å². The maximum absolute atomic E-state index is 5.94. The molecule has 4 heteroatoms. The molecule has 0 amide bonds. The van der Waals surface area contributed by atoms with Gasteiger partial charge in [0.25, 0.3) is 0 Å². The normalized spacial score (nSPS) is 16.6. The topological polar surface area (TPSA) is 55.0 Å². The van der Waals surface area contributed by atoms with E-state index in [1.54, 1.807) is 0 Å². The molecule has 0 spiro atoms. The van der Waals surface area contributed by atoms with E-state index in [1.807, 2.05) is 12.4 Å². The molecule has 0 saturated heterocycles. The Kier molecular flexibility index (Phi) is 4.53. The van der Waals surface area contributed by atoms with Crippen molar-refractivity contribution in [3.8, 4) is 0 Å². The molecule has 4 nitrogen and oxygen atoms in total. The first-order chi connectivity index (χ1) is 8.74. The number of hydrogen-bond donors (Lipinski definition) is 1. The van der Waals surface area contributed by atoms with E-state index in [2.05, 4.69) is 28.7 Å². The van der Waals surface area contributed by atoms with Gasteiger partial charge in [-0.3, -0.25) is 0 Å². The van der Waals surface area contributed by atoms with Crippen LogP contribution in [-0.4, -0.2) is 28.6 Å². The van der Waals surface area contributed by atoms with Gasteiger partial charge in [-0.1, -0.05) is 13.8 Å². The fraction of sp³-hybridized carbons (Fsp3) is 0.714. The van der Waals surface area contributed by atoms with Gasteiger partial charge >= 0.3 is 0 Å². The molecule has 2 N–H and O–H groups in total. The van der Waals surface area contributed by atoms with E-state index < -0.39 is 0 Å². The van der Waals surface area contributed by atoms with E-state index >= 15 is 0 Å². The van der Waals surface area contributed by atoms with Gasteiger partial charge in [-0.25, -0.2) is 9.97 Å². The fourth-order valence-corrected chi connectivity index (χ4v) is 2.12. The van der Waals surface area contributed by atoms with Crippen LogP contribution in [0.15, 0.2) is 12.4 Å². The summed E-state index contributed by atoms with van der Waals surface area (Å²) in [5.74, 6) is 0.883. The Morgan fingerprint density at radius 1 is 1.33 bits per heavy atom. The zero-order valence-electron chi connectivity index (χ0n) is 11.5. The molecule has 1 unspecified atom stereocenters. The number of nitrogens with two attached hydrogens (primary N) is 1. The van der Waals surface area contributed by atoms with E-state index in [9.17, 15) is 0 Å². The first-order valence-corrected chi connectivity index (χ1v) is 7.07. The second kappa shape index (κ2) is 6.14. The van der Waals surface area contributed by atoms with Crippen LogP contribution in [0.1, 0.15) is 45.1 Å². The van der Waals surface area contributed by atoms with Gasteiger partial charge in [0.05, 0.1) is 0 Å². The van der Waals surface area contributed by atoms with E-state index in [1.165, 1.54) is 12.8 Å². The molecule has 1 saturated carbocycles. The zero-order valence-corrected chi connectivity index (χ0v) is 11.5. The summed E-state index contributed by atoms with van der Waals surface area (Å²) < 4.78 is 0. The van der Waals surface area contributed by atoms with Gasteiger partial charge in [-0.15, -0.1) is 0 Å². The molecule has 2 rings (SSSR count). The number of rotatable bonds is 7. The van der Waals surface area contributed by atoms with Crippen LogP contribution in [0.2, 0.25) is 0 Å². The molecule has 1 aliphatic carbocycles. The third kappa shape index (κ3) is 3.42. The van der Waals surface area contributed by atoms with Crippen LogP contribution in [0.25, 0.3) is 0 Å². The van der Waals surface area contributed by atoms with Crippen LogP contribution in [0.3, 0.4) is 0 Å². The average Bonchev–Trinajstić information content (AvgIpc) is 3.21. The van der Waals surface area contributed by atoms with Gasteiger partial charge in [0.2, 0.25) is 5.95 Å². The standard InChI is InChI=1S/C14H24N4/c1-3-7-18(13-5-6-13)14-16-9-11(10-17-14)8-12(15)4-2/h9-10,12-13H,3-8,15H2,1-2H3. The van der Waals surface area contributed by atoms with Crippen LogP contribution in [0.5, 0.6) is 0 Å². The molecule has 100 valence electrons. The molecule has 1 aromatic rings. The van der Waals surface area contributed by atoms with E-state index in [4.69, 9.17) is 5.73 Å². The molecule has 1 aliphatic rings. The van der Waals surface area contributed by atoms with Crippen LogP contribution >= 0.6 is 0 Å². The third-order valence-corrected chi connectivity index (χ3v) is 3.42. The second-order valence-electron chi connectivity index (χ2n) is 5.19. The van der Waals surface area contributed by atoms with Crippen molar-refractivity contribution in [1.29, 1.82) is 0 Å². The first kappa shape index (κ1) is 13.3. The Morgan fingerprint density at radius 2 is 2.00 bits per heavy atom. The number of nitrogens with zero attached hydrogens (tertiary/aromatic N) is 3. The summed E-state index contributed by atoms with van der Waals surface area (Å²) in [5.41, 5.74) is 7.08. The van der Waals surface area contributed by atoms with Gasteiger partial charge in [-0.2, -0.15) is 0 Å². The Labute approximate surface area is 110 Å². The van der Waals surface area contributed by atoms with E-state index in [-0.39, 0.29) is 6.04 Å². The SMILES string of the molecule is CCCN(c1ncc(CC(N)CC)cn1)C1CC1. The van der Waals surface area contributed by atoms with Crippen LogP contribution < -0.4 is 10.6 Å². The lowest BCUT2D eigenvalue weighted by Crippen LogP contribution is -2.28. The summed E-state index contributed by atoms with van der Waals surface area (Å²) in [7, 11) is 0. The molecule has 0 aliphatic heterocycles. The van der Waals surface area contributed by atoms with Gasteiger partial charge < -0.3 is 10.6 Å². The third-order valence-electron chi connectivity index (χ3n) is 3.42. The molecule has 1 heterocycles. The minimum atomic E-state index is 0.217. The molecule has 18 heavy (non-hydrogen) atoms. The van der Waals surface area contributed by atoms with Gasteiger partial charge in [0.15, 0.2) is 0 Å². The van der Waals surface area contributed by atoms with Crippen molar-refractivity contribution in [3.05, 3.63) is 18.0 Å². The monoisotopic (exact) mass is 248 g/mol. The molecule has 0 bridgehead atoms. The van der Waals surface area contributed by atoms with Crippen LogP contribution in [-0.2, 0) is 6.42 Å². The van der Waals surface area contributed by atoms with Crippen molar-refractivity contribution in [2.24, 2.45) is 5.73 Å². The number of anilines is 1. The lowest BCUT2D eigenvalue weighted by molar-refractivity contribution is 0.642. The van der Waals surface area contributed by atoms with E-state index in [0.717, 1.165) is 37.3 Å². The smallest absolute Gasteiger partial charge is 0.225 e. The van der Waals surface area contributed by atoms with Crippen molar-refractivity contribution >= 4 is 5.95 Å². The summed E-state index contributed by atoms with van der Waals surface area (Å²) in [6.45, 7) is 5.36. The largest absolute Gasteiger partial charge is 0.338 e. The molecule has 1 atom stereocenters. The summed E-state index contributed by atoms with van der Waals surface area (Å²) >= 11 is 0. The average molecular weight is 248 g/mol. The molecular weight excluding hydrogens is 224 g/mol. The van der Waals surface area contributed by atoms with E-state index in [0.29, 0.717) is 6.04 Å². The Balaban J connectivity index is 2.01. The second-order valence-corrected chi connectivity index (χ2v) is 5.19. The predicted molar refractivity (Wildman–Crippen MR) is 74.7 cm³/mol. The van der Waals surface area contributed by atoms with Crippen molar-refractivity contribution in [3.63, 3.8) is 0 Å². The van der Waals surface area contributed by atoms with Crippen LogP contribution in [0, 0.1) is 0 Å².